The molecule has 0 unspecified atom stereocenters. The van der Waals surface area contributed by atoms with E-state index in [4.69, 9.17) is 14.6 Å². The van der Waals surface area contributed by atoms with E-state index >= 15 is 0 Å². The molecule has 40 heavy (non-hydrogen) atoms. The van der Waals surface area contributed by atoms with Gasteiger partial charge in [-0.15, -0.1) is 17.0 Å². The SMILES string of the molecule is Br.CC1(C)CC[C@]23CC[C@]4(C)[C@H](CC[C@@H]5[C@@]6(C)CC[C@H](OC(=O)CNCCO)C(C)(C)[C@@H]6CC[C@]54C)[C@H]2[C@H]1OC3. The van der Waals surface area contributed by atoms with Crippen LogP contribution in [0, 0.1) is 56.2 Å². The normalized spacial score (nSPS) is 49.9. The average Bonchev–Trinajstić information content (AvgIpc) is 3.20. The van der Waals surface area contributed by atoms with Gasteiger partial charge in [0.25, 0.3) is 0 Å². The van der Waals surface area contributed by atoms with E-state index in [0.29, 0.717) is 45.6 Å². The molecule has 1 heterocycles. The minimum atomic E-state index is -0.179. The van der Waals surface area contributed by atoms with E-state index in [9.17, 15) is 4.79 Å². The van der Waals surface area contributed by atoms with Crippen molar-refractivity contribution < 1.29 is 19.4 Å². The Bertz CT molecular complexity index is 985. The quantitative estimate of drug-likeness (QED) is 0.256. The summed E-state index contributed by atoms with van der Waals surface area (Å²) in [5.41, 5.74) is 1.75. The molecule has 2 N–H and O–H groups in total. The molecular formula is C34H58BrNO4. The van der Waals surface area contributed by atoms with Gasteiger partial charge in [0.1, 0.15) is 6.10 Å². The van der Waals surface area contributed by atoms with Crippen LogP contribution in [0.3, 0.4) is 0 Å². The molecule has 0 amide bonds. The second-order valence-corrected chi connectivity index (χ2v) is 17.0. The van der Waals surface area contributed by atoms with Crippen LogP contribution in [0.15, 0.2) is 0 Å². The summed E-state index contributed by atoms with van der Waals surface area (Å²) < 4.78 is 12.9. The first kappa shape index (κ1) is 31.3. The fourth-order valence-corrected chi connectivity index (χ4v) is 12.6. The molecule has 5 saturated carbocycles. The number of carbonyl (C=O) groups is 1. The maximum Gasteiger partial charge on any atom is 0.320 e. The van der Waals surface area contributed by atoms with Crippen LogP contribution in [0.2, 0.25) is 0 Å². The molecule has 0 aromatic carbocycles. The lowest BCUT2D eigenvalue weighted by Gasteiger charge is -2.73. The van der Waals surface area contributed by atoms with E-state index in [1.54, 1.807) is 0 Å². The summed E-state index contributed by atoms with van der Waals surface area (Å²) >= 11 is 0. The smallest absolute Gasteiger partial charge is 0.320 e. The summed E-state index contributed by atoms with van der Waals surface area (Å²) in [5, 5.41) is 12.0. The molecular weight excluding hydrogens is 566 g/mol. The van der Waals surface area contributed by atoms with E-state index in [2.05, 4.69) is 53.8 Å². The van der Waals surface area contributed by atoms with E-state index in [0.717, 1.165) is 37.2 Å². The number of rotatable bonds is 5. The van der Waals surface area contributed by atoms with Crippen molar-refractivity contribution in [2.24, 2.45) is 56.2 Å². The molecule has 6 fully saturated rings. The van der Waals surface area contributed by atoms with Crippen molar-refractivity contribution in [3.05, 3.63) is 0 Å². The summed E-state index contributed by atoms with van der Waals surface area (Å²) in [6, 6.07) is 0. The van der Waals surface area contributed by atoms with Crippen molar-refractivity contribution in [1.29, 1.82) is 0 Å². The van der Waals surface area contributed by atoms with Crippen LogP contribution < -0.4 is 5.32 Å². The molecule has 5 aliphatic carbocycles. The highest BCUT2D eigenvalue weighted by Gasteiger charge is 2.72. The van der Waals surface area contributed by atoms with Crippen LogP contribution >= 0.6 is 17.0 Å². The number of fused-ring (bicyclic) bond motifs is 5. The molecule has 5 nitrogen and oxygen atoms in total. The number of aliphatic hydroxyl groups excluding tert-OH is 1. The van der Waals surface area contributed by atoms with Gasteiger partial charge in [-0.1, -0.05) is 48.5 Å². The minimum Gasteiger partial charge on any atom is -0.461 e. The summed E-state index contributed by atoms with van der Waals surface area (Å²) in [6.45, 7) is 19.5. The summed E-state index contributed by atoms with van der Waals surface area (Å²) in [7, 11) is 0. The first-order valence-electron chi connectivity index (χ1n) is 16.4. The van der Waals surface area contributed by atoms with Crippen molar-refractivity contribution in [2.75, 3.05) is 26.3 Å². The molecule has 0 aromatic rings. The topological polar surface area (TPSA) is 67.8 Å². The van der Waals surface area contributed by atoms with Crippen LogP contribution in [-0.2, 0) is 14.3 Å². The Labute approximate surface area is 254 Å². The van der Waals surface area contributed by atoms with E-state index in [1.807, 2.05) is 0 Å². The number of nitrogens with one attached hydrogen (secondary N) is 1. The van der Waals surface area contributed by atoms with Gasteiger partial charge in [0.15, 0.2) is 0 Å². The third-order valence-electron chi connectivity index (χ3n) is 14.9. The fraction of sp³-hybridized carbons (Fsp3) is 0.971. The second kappa shape index (κ2) is 10.2. The molecule has 1 saturated heterocycles. The number of hydrogen-bond donors (Lipinski definition) is 2. The van der Waals surface area contributed by atoms with E-state index in [1.165, 1.54) is 51.4 Å². The highest BCUT2D eigenvalue weighted by atomic mass is 79.9. The largest absolute Gasteiger partial charge is 0.461 e. The predicted octanol–water partition coefficient (Wildman–Crippen LogP) is 6.95. The molecule has 230 valence electrons. The second-order valence-electron chi connectivity index (χ2n) is 17.0. The van der Waals surface area contributed by atoms with Crippen molar-refractivity contribution in [3.8, 4) is 0 Å². The van der Waals surface area contributed by atoms with Crippen LogP contribution in [0.4, 0.5) is 0 Å². The van der Waals surface area contributed by atoms with Gasteiger partial charge in [-0.05, 0) is 115 Å². The maximum atomic E-state index is 12.6. The van der Waals surface area contributed by atoms with E-state index < -0.39 is 0 Å². The van der Waals surface area contributed by atoms with Crippen molar-refractivity contribution >= 4 is 23.0 Å². The number of hydrogen-bond acceptors (Lipinski definition) is 5. The molecule has 6 rings (SSSR count). The molecule has 6 aliphatic rings. The molecule has 0 aromatic heterocycles. The lowest BCUT2D eigenvalue weighted by Crippen LogP contribution is -2.68. The molecule has 6 heteroatoms. The van der Waals surface area contributed by atoms with Gasteiger partial charge in [-0.25, -0.2) is 0 Å². The minimum absolute atomic E-state index is 0. The van der Waals surface area contributed by atoms with Crippen LogP contribution in [0.5, 0.6) is 0 Å². The highest BCUT2D eigenvalue weighted by Crippen LogP contribution is 2.78. The third-order valence-corrected chi connectivity index (χ3v) is 14.9. The standard InChI is InChI=1S/C34H57NO4.BrH/c1-29(2)14-16-34-17-15-32(6)22(27(34)28(29)38-21-34)8-9-24-31(5)12-11-25(39-26(37)20-35-18-19-36)30(3,4)23(31)10-13-33(24,32)7;/h22-25,27-28,35-36H,8-21H2,1-7H3;1H/t22-,23+,24-,25+,27+,28-,31+,32-,33-,34-;/m1./s1. The Morgan fingerprint density at radius 1 is 0.875 bits per heavy atom. The molecule has 10 atom stereocenters. The Balaban J connectivity index is 0.00000323. The van der Waals surface area contributed by atoms with Gasteiger partial charge in [0.05, 0.1) is 25.9 Å². The summed E-state index contributed by atoms with van der Waals surface area (Å²) in [6.07, 6.45) is 13.3. The number of ether oxygens (including phenoxy) is 2. The monoisotopic (exact) mass is 623 g/mol. The molecule has 2 bridgehead atoms. The summed E-state index contributed by atoms with van der Waals surface area (Å²) in [4.78, 5) is 12.6. The third kappa shape index (κ3) is 4.18. The predicted molar refractivity (Wildman–Crippen MR) is 164 cm³/mol. The first-order valence-corrected chi connectivity index (χ1v) is 16.4. The van der Waals surface area contributed by atoms with Crippen LogP contribution in [-0.4, -0.2) is 49.6 Å². The van der Waals surface area contributed by atoms with Crippen molar-refractivity contribution in [1.82, 2.24) is 5.32 Å². The summed E-state index contributed by atoms with van der Waals surface area (Å²) in [5.74, 6) is 2.66. The van der Waals surface area contributed by atoms with Crippen LogP contribution in [0.25, 0.3) is 0 Å². The molecule has 0 radical (unpaired) electrons. The maximum absolute atomic E-state index is 12.6. The zero-order valence-electron chi connectivity index (χ0n) is 26.4. The van der Waals surface area contributed by atoms with Gasteiger partial charge in [0, 0.05) is 12.0 Å². The molecule has 0 spiro atoms. The zero-order valence-corrected chi connectivity index (χ0v) is 28.2. The van der Waals surface area contributed by atoms with Gasteiger partial charge >= 0.3 is 5.97 Å². The van der Waals surface area contributed by atoms with Crippen LogP contribution in [0.1, 0.15) is 113 Å². The Morgan fingerprint density at radius 3 is 2.33 bits per heavy atom. The Hall–Kier alpha value is -0.170. The van der Waals surface area contributed by atoms with Gasteiger partial charge < -0.3 is 19.9 Å². The first-order chi connectivity index (χ1) is 18.3. The number of esters is 1. The number of halogens is 1. The van der Waals surface area contributed by atoms with Gasteiger partial charge in [0.2, 0.25) is 0 Å². The highest BCUT2D eigenvalue weighted by molar-refractivity contribution is 8.93. The number of carbonyl (C=O) groups excluding carboxylic acids is 1. The van der Waals surface area contributed by atoms with Crippen molar-refractivity contribution in [3.63, 3.8) is 0 Å². The Morgan fingerprint density at radius 2 is 1.60 bits per heavy atom. The van der Waals surface area contributed by atoms with Crippen molar-refractivity contribution in [2.45, 2.75) is 125 Å². The fourth-order valence-electron chi connectivity index (χ4n) is 12.6. The lowest BCUT2D eigenvalue weighted by atomic mass is 9.31. The number of aliphatic hydroxyl groups is 1. The van der Waals surface area contributed by atoms with Gasteiger partial charge in [-0.3, -0.25) is 4.79 Å². The lowest BCUT2D eigenvalue weighted by molar-refractivity contribution is -0.254. The van der Waals surface area contributed by atoms with Gasteiger partial charge in [-0.2, -0.15) is 0 Å². The zero-order chi connectivity index (χ0) is 28.1. The average molecular weight is 625 g/mol. The molecule has 1 aliphatic heterocycles. The van der Waals surface area contributed by atoms with E-state index in [-0.39, 0.29) is 47.6 Å². The Kier molecular flexibility index (Phi) is 7.97.